The fourth-order valence-electron chi connectivity index (χ4n) is 2.69. The van der Waals surface area contributed by atoms with Crippen LogP contribution >= 0.6 is 24.0 Å². The van der Waals surface area contributed by atoms with Gasteiger partial charge < -0.3 is 14.3 Å². The van der Waals surface area contributed by atoms with Crippen molar-refractivity contribution in [3.63, 3.8) is 0 Å². The standard InChI is InChI=1S/C14H18N2OS2/c1-2-17-12-7-3-6-11-13(12)15-14(18)16(11)10-5-4-8-19-9-10/h3,6-7,10H,2,4-5,8-9H2,1H3,(H,15,18). The number of hydrogen-bond donors (Lipinski definition) is 1. The third kappa shape index (κ3) is 2.41. The molecule has 1 atom stereocenters. The van der Waals surface area contributed by atoms with Crippen molar-refractivity contribution < 1.29 is 4.74 Å². The molecule has 3 rings (SSSR count). The Morgan fingerprint density at radius 2 is 2.42 bits per heavy atom. The van der Waals surface area contributed by atoms with Gasteiger partial charge in [0.15, 0.2) is 4.77 Å². The molecule has 1 aliphatic heterocycles. The Labute approximate surface area is 122 Å². The van der Waals surface area contributed by atoms with Gasteiger partial charge in [0.05, 0.1) is 12.1 Å². The molecule has 3 nitrogen and oxygen atoms in total. The predicted molar refractivity (Wildman–Crippen MR) is 83.9 cm³/mol. The van der Waals surface area contributed by atoms with Gasteiger partial charge in [0.25, 0.3) is 0 Å². The van der Waals surface area contributed by atoms with Crippen molar-refractivity contribution in [2.45, 2.75) is 25.8 Å². The lowest BCUT2D eigenvalue weighted by molar-refractivity contribution is 0.343. The molecule has 2 heterocycles. The van der Waals surface area contributed by atoms with E-state index in [0.717, 1.165) is 21.8 Å². The summed E-state index contributed by atoms with van der Waals surface area (Å²) in [6.45, 7) is 2.67. The third-order valence-electron chi connectivity index (χ3n) is 3.52. The molecule has 0 amide bonds. The van der Waals surface area contributed by atoms with E-state index in [1.807, 2.05) is 30.8 Å². The molecule has 1 unspecified atom stereocenters. The molecule has 102 valence electrons. The molecule has 1 aliphatic rings. The molecule has 19 heavy (non-hydrogen) atoms. The zero-order valence-electron chi connectivity index (χ0n) is 11.0. The molecule has 1 aromatic heterocycles. The molecule has 0 aliphatic carbocycles. The number of fused-ring (bicyclic) bond motifs is 1. The Kier molecular flexibility index (Phi) is 3.84. The number of para-hydroxylation sites is 1. The number of hydrogen-bond acceptors (Lipinski definition) is 3. The zero-order valence-corrected chi connectivity index (χ0v) is 12.6. The second-order valence-corrected chi connectivity index (χ2v) is 6.29. The molecule has 1 fully saturated rings. The summed E-state index contributed by atoms with van der Waals surface area (Å²) in [5, 5.41) is 0. The van der Waals surface area contributed by atoms with Crippen LogP contribution in [-0.2, 0) is 0 Å². The first-order valence-corrected chi connectivity index (χ1v) is 8.31. The third-order valence-corrected chi connectivity index (χ3v) is 5.01. The van der Waals surface area contributed by atoms with Crippen LogP contribution in [0.15, 0.2) is 18.2 Å². The van der Waals surface area contributed by atoms with Crippen LogP contribution in [0.25, 0.3) is 11.0 Å². The van der Waals surface area contributed by atoms with Crippen LogP contribution in [0.2, 0.25) is 0 Å². The number of thioether (sulfide) groups is 1. The summed E-state index contributed by atoms with van der Waals surface area (Å²) in [5.74, 6) is 3.32. The quantitative estimate of drug-likeness (QED) is 0.862. The monoisotopic (exact) mass is 294 g/mol. The highest BCUT2D eigenvalue weighted by atomic mass is 32.2. The number of aromatic amines is 1. The molecule has 0 spiro atoms. The maximum absolute atomic E-state index is 5.68. The number of benzene rings is 1. The number of nitrogens with zero attached hydrogens (tertiary/aromatic N) is 1. The summed E-state index contributed by atoms with van der Waals surface area (Å²) in [5.41, 5.74) is 2.20. The first-order chi connectivity index (χ1) is 9.31. The molecule has 1 saturated heterocycles. The van der Waals surface area contributed by atoms with E-state index in [1.54, 1.807) is 0 Å². The molecule has 1 aromatic carbocycles. The van der Waals surface area contributed by atoms with Crippen molar-refractivity contribution in [3.05, 3.63) is 23.0 Å². The maximum Gasteiger partial charge on any atom is 0.178 e. The van der Waals surface area contributed by atoms with Crippen molar-refractivity contribution in [2.24, 2.45) is 0 Å². The normalized spacial score (nSPS) is 19.7. The molecule has 0 bridgehead atoms. The minimum atomic E-state index is 0.511. The van der Waals surface area contributed by atoms with Gasteiger partial charge in [-0.15, -0.1) is 0 Å². The lowest BCUT2D eigenvalue weighted by atomic mass is 10.1. The Morgan fingerprint density at radius 1 is 1.53 bits per heavy atom. The van der Waals surface area contributed by atoms with Gasteiger partial charge in [-0.1, -0.05) is 6.07 Å². The first kappa shape index (κ1) is 13.1. The zero-order chi connectivity index (χ0) is 13.2. The average Bonchev–Trinajstić information content (AvgIpc) is 2.77. The minimum absolute atomic E-state index is 0.511. The van der Waals surface area contributed by atoms with Crippen LogP contribution in [0.4, 0.5) is 0 Å². The number of ether oxygens (including phenoxy) is 1. The highest BCUT2D eigenvalue weighted by molar-refractivity contribution is 7.99. The summed E-state index contributed by atoms with van der Waals surface area (Å²) in [7, 11) is 0. The predicted octanol–water partition coefficient (Wildman–Crippen LogP) is 4.17. The Bertz CT molecular complexity index is 626. The van der Waals surface area contributed by atoms with Gasteiger partial charge in [-0.05, 0) is 49.9 Å². The highest BCUT2D eigenvalue weighted by Gasteiger charge is 2.19. The van der Waals surface area contributed by atoms with Gasteiger partial charge >= 0.3 is 0 Å². The van der Waals surface area contributed by atoms with E-state index in [4.69, 9.17) is 17.0 Å². The van der Waals surface area contributed by atoms with Crippen molar-refractivity contribution in [1.82, 2.24) is 9.55 Å². The van der Waals surface area contributed by atoms with E-state index >= 15 is 0 Å². The lowest BCUT2D eigenvalue weighted by Crippen LogP contribution is -2.16. The van der Waals surface area contributed by atoms with Gasteiger partial charge in [0.1, 0.15) is 11.3 Å². The van der Waals surface area contributed by atoms with Crippen LogP contribution in [0.3, 0.4) is 0 Å². The van der Waals surface area contributed by atoms with E-state index in [9.17, 15) is 0 Å². The summed E-state index contributed by atoms with van der Waals surface area (Å²) in [6, 6.07) is 6.68. The molecule has 1 N–H and O–H groups in total. The number of H-pyrrole nitrogens is 1. The van der Waals surface area contributed by atoms with E-state index < -0.39 is 0 Å². The van der Waals surface area contributed by atoms with Crippen molar-refractivity contribution in [3.8, 4) is 5.75 Å². The van der Waals surface area contributed by atoms with Crippen LogP contribution in [0.5, 0.6) is 5.75 Å². The molecule has 5 heteroatoms. The van der Waals surface area contributed by atoms with Gasteiger partial charge in [0.2, 0.25) is 0 Å². The molecular weight excluding hydrogens is 276 g/mol. The molecule has 2 aromatic rings. The van der Waals surface area contributed by atoms with E-state index in [-0.39, 0.29) is 0 Å². The fourth-order valence-corrected chi connectivity index (χ4v) is 4.16. The maximum atomic E-state index is 5.68. The Hall–Kier alpha value is -0.940. The topological polar surface area (TPSA) is 29.9 Å². The summed E-state index contributed by atoms with van der Waals surface area (Å²) < 4.78 is 8.77. The van der Waals surface area contributed by atoms with Crippen LogP contribution in [0.1, 0.15) is 25.8 Å². The van der Waals surface area contributed by atoms with E-state index in [1.165, 1.54) is 24.1 Å². The average molecular weight is 294 g/mol. The van der Waals surface area contributed by atoms with Crippen molar-refractivity contribution >= 4 is 35.0 Å². The smallest absolute Gasteiger partial charge is 0.178 e. The van der Waals surface area contributed by atoms with Crippen molar-refractivity contribution in [1.29, 1.82) is 0 Å². The SMILES string of the molecule is CCOc1cccc2c1[nH]c(=S)n2C1CCCSC1. The molecule has 0 radical (unpaired) electrons. The van der Waals surface area contributed by atoms with Crippen LogP contribution in [-0.4, -0.2) is 27.7 Å². The van der Waals surface area contributed by atoms with Gasteiger partial charge in [0, 0.05) is 11.8 Å². The van der Waals surface area contributed by atoms with Gasteiger partial charge in [-0.2, -0.15) is 11.8 Å². The number of imidazole rings is 1. The van der Waals surface area contributed by atoms with Crippen LogP contribution < -0.4 is 4.74 Å². The number of nitrogens with one attached hydrogen (secondary N) is 1. The van der Waals surface area contributed by atoms with Crippen LogP contribution in [0, 0.1) is 4.77 Å². The van der Waals surface area contributed by atoms with Gasteiger partial charge in [-0.3, -0.25) is 0 Å². The lowest BCUT2D eigenvalue weighted by Gasteiger charge is -2.23. The summed E-state index contributed by atoms with van der Waals surface area (Å²) in [6.07, 6.45) is 2.49. The number of aromatic nitrogens is 2. The van der Waals surface area contributed by atoms with Gasteiger partial charge in [-0.25, -0.2) is 0 Å². The molecule has 0 saturated carbocycles. The second-order valence-electron chi connectivity index (χ2n) is 4.75. The number of rotatable bonds is 3. The highest BCUT2D eigenvalue weighted by Crippen LogP contribution is 2.32. The largest absolute Gasteiger partial charge is 0.492 e. The summed E-state index contributed by atoms with van der Waals surface area (Å²) >= 11 is 7.54. The fraction of sp³-hybridized carbons (Fsp3) is 0.500. The first-order valence-electron chi connectivity index (χ1n) is 6.75. The minimum Gasteiger partial charge on any atom is -0.492 e. The Balaban J connectivity index is 2.11. The van der Waals surface area contributed by atoms with E-state index in [0.29, 0.717) is 12.6 Å². The van der Waals surface area contributed by atoms with Crippen molar-refractivity contribution in [2.75, 3.05) is 18.1 Å². The Morgan fingerprint density at radius 3 is 3.16 bits per heavy atom. The van der Waals surface area contributed by atoms with E-state index in [2.05, 4.69) is 15.6 Å². The summed E-state index contributed by atoms with van der Waals surface area (Å²) in [4.78, 5) is 3.32. The second kappa shape index (κ2) is 5.59. The molecular formula is C14H18N2OS2.